The van der Waals surface area contributed by atoms with Gasteiger partial charge in [-0.05, 0) is 18.6 Å². The number of pyridine rings is 1. The lowest BCUT2D eigenvalue weighted by molar-refractivity contribution is -0.136. The Morgan fingerprint density at radius 2 is 1.96 bits per heavy atom. The fraction of sp³-hybridized carbons (Fsp3) is 0.562. The quantitative estimate of drug-likeness (QED) is 0.710. The molecule has 0 atom stereocenters. The second kappa shape index (κ2) is 9.22. The number of hydrogen-bond acceptors (Lipinski definition) is 5. The summed E-state index contributed by atoms with van der Waals surface area (Å²) in [7, 11) is 1.59. The highest BCUT2D eigenvalue weighted by Crippen LogP contribution is 2.09. The van der Waals surface area contributed by atoms with Crippen LogP contribution in [0.2, 0.25) is 0 Å². The summed E-state index contributed by atoms with van der Waals surface area (Å²) < 4.78 is 10.1. The Balaban J connectivity index is 1.82. The van der Waals surface area contributed by atoms with E-state index >= 15 is 0 Å². The molecule has 2 heterocycles. The maximum absolute atomic E-state index is 12.4. The van der Waals surface area contributed by atoms with Gasteiger partial charge in [0.15, 0.2) is 0 Å². The van der Waals surface area contributed by atoms with E-state index in [0.29, 0.717) is 45.0 Å². The smallest absolute Gasteiger partial charge is 0.255 e. The standard InChI is InChI=1S/C16H23N3O4/c1-22-10-11-23-13-15(20)18-6-3-7-19(9-8-18)16(21)14-4-2-5-17-12-14/h2,4-5,12H,3,6-11,13H2,1H3. The van der Waals surface area contributed by atoms with E-state index in [0.717, 1.165) is 6.42 Å². The Morgan fingerprint density at radius 3 is 2.70 bits per heavy atom. The van der Waals surface area contributed by atoms with Crippen molar-refractivity contribution in [2.75, 3.05) is 53.1 Å². The molecule has 7 heteroatoms. The van der Waals surface area contributed by atoms with E-state index in [1.807, 2.05) is 0 Å². The average molecular weight is 321 g/mol. The maximum Gasteiger partial charge on any atom is 0.255 e. The number of carbonyl (C=O) groups excluding carboxylic acids is 2. The van der Waals surface area contributed by atoms with Crippen molar-refractivity contribution >= 4 is 11.8 Å². The monoisotopic (exact) mass is 321 g/mol. The summed E-state index contributed by atoms with van der Waals surface area (Å²) in [5, 5.41) is 0. The Morgan fingerprint density at radius 1 is 1.17 bits per heavy atom. The molecule has 0 saturated carbocycles. The molecule has 2 rings (SSSR count). The molecule has 0 aliphatic carbocycles. The van der Waals surface area contributed by atoms with Crippen molar-refractivity contribution in [2.24, 2.45) is 0 Å². The molecule has 0 bridgehead atoms. The largest absolute Gasteiger partial charge is 0.382 e. The number of aromatic nitrogens is 1. The molecule has 1 fully saturated rings. The minimum absolute atomic E-state index is 0.0382. The van der Waals surface area contributed by atoms with Crippen LogP contribution in [0, 0.1) is 0 Å². The summed E-state index contributed by atoms with van der Waals surface area (Å²) in [6, 6.07) is 3.50. The minimum Gasteiger partial charge on any atom is -0.382 e. The molecular formula is C16H23N3O4. The maximum atomic E-state index is 12.4. The van der Waals surface area contributed by atoms with E-state index in [-0.39, 0.29) is 18.4 Å². The fourth-order valence-corrected chi connectivity index (χ4v) is 2.43. The van der Waals surface area contributed by atoms with Gasteiger partial charge in [-0.2, -0.15) is 0 Å². The summed E-state index contributed by atoms with van der Waals surface area (Å²) >= 11 is 0. The van der Waals surface area contributed by atoms with Gasteiger partial charge in [0, 0.05) is 45.7 Å². The van der Waals surface area contributed by atoms with Gasteiger partial charge >= 0.3 is 0 Å². The summed E-state index contributed by atoms with van der Waals surface area (Å²) in [6.07, 6.45) is 3.97. The van der Waals surface area contributed by atoms with E-state index in [2.05, 4.69) is 4.98 Å². The number of ether oxygens (including phenoxy) is 2. The Bertz CT molecular complexity index is 509. The lowest BCUT2D eigenvalue weighted by Crippen LogP contribution is -2.39. The topological polar surface area (TPSA) is 72.0 Å². The van der Waals surface area contributed by atoms with Crippen LogP contribution in [-0.2, 0) is 14.3 Å². The summed E-state index contributed by atoms with van der Waals surface area (Å²) in [4.78, 5) is 32.0. The first kappa shape index (κ1) is 17.4. The van der Waals surface area contributed by atoms with Crippen LogP contribution in [0.15, 0.2) is 24.5 Å². The molecule has 0 spiro atoms. The fourth-order valence-electron chi connectivity index (χ4n) is 2.43. The predicted molar refractivity (Wildman–Crippen MR) is 84.0 cm³/mol. The zero-order valence-electron chi connectivity index (χ0n) is 13.4. The highest BCUT2D eigenvalue weighted by atomic mass is 16.5. The van der Waals surface area contributed by atoms with Crippen LogP contribution in [0.3, 0.4) is 0 Å². The van der Waals surface area contributed by atoms with Crippen molar-refractivity contribution in [3.8, 4) is 0 Å². The van der Waals surface area contributed by atoms with Gasteiger partial charge < -0.3 is 19.3 Å². The van der Waals surface area contributed by atoms with Crippen LogP contribution >= 0.6 is 0 Å². The van der Waals surface area contributed by atoms with Gasteiger partial charge in [-0.1, -0.05) is 0 Å². The summed E-state index contributed by atoms with van der Waals surface area (Å²) in [6.45, 7) is 3.27. The van der Waals surface area contributed by atoms with Gasteiger partial charge in [0.2, 0.25) is 5.91 Å². The zero-order valence-corrected chi connectivity index (χ0v) is 13.4. The molecule has 0 unspecified atom stereocenters. The van der Waals surface area contributed by atoms with Gasteiger partial charge in [0.05, 0.1) is 18.8 Å². The molecule has 0 aromatic carbocycles. The van der Waals surface area contributed by atoms with Crippen molar-refractivity contribution in [3.05, 3.63) is 30.1 Å². The van der Waals surface area contributed by atoms with Crippen molar-refractivity contribution in [1.82, 2.24) is 14.8 Å². The van der Waals surface area contributed by atoms with Gasteiger partial charge in [-0.15, -0.1) is 0 Å². The van der Waals surface area contributed by atoms with Crippen molar-refractivity contribution in [3.63, 3.8) is 0 Å². The Kier molecular flexibility index (Phi) is 6.96. The molecule has 126 valence electrons. The van der Waals surface area contributed by atoms with Crippen molar-refractivity contribution in [2.45, 2.75) is 6.42 Å². The van der Waals surface area contributed by atoms with E-state index in [1.54, 1.807) is 41.4 Å². The average Bonchev–Trinajstić information content (AvgIpc) is 2.85. The first-order valence-electron chi connectivity index (χ1n) is 7.76. The van der Waals surface area contributed by atoms with Crippen LogP contribution in [0.1, 0.15) is 16.8 Å². The second-order valence-electron chi connectivity index (χ2n) is 5.31. The van der Waals surface area contributed by atoms with Crippen LogP contribution in [-0.4, -0.2) is 79.7 Å². The van der Waals surface area contributed by atoms with Crippen LogP contribution in [0.4, 0.5) is 0 Å². The highest BCUT2D eigenvalue weighted by molar-refractivity contribution is 5.94. The van der Waals surface area contributed by atoms with Crippen molar-refractivity contribution < 1.29 is 19.1 Å². The van der Waals surface area contributed by atoms with Crippen LogP contribution in [0.5, 0.6) is 0 Å². The molecule has 1 aromatic heterocycles. The minimum atomic E-state index is -0.0446. The zero-order chi connectivity index (χ0) is 16.5. The number of amides is 2. The van der Waals surface area contributed by atoms with Crippen LogP contribution < -0.4 is 0 Å². The Hall–Kier alpha value is -1.99. The highest BCUT2D eigenvalue weighted by Gasteiger charge is 2.22. The first-order chi connectivity index (χ1) is 11.2. The lowest BCUT2D eigenvalue weighted by atomic mass is 10.2. The number of methoxy groups -OCH3 is 1. The third-order valence-electron chi connectivity index (χ3n) is 3.70. The molecule has 0 N–H and O–H groups in total. The number of nitrogens with zero attached hydrogens (tertiary/aromatic N) is 3. The molecule has 7 nitrogen and oxygen atoms in total. The normalized spacial score (nSPS) is 15.3. The van der Waals surface area contributed by atoms with E-state index < -0.39 is 0 Å². The summed E-state index contributed by atoms with van der Waals surface area (Å²) in [5.41, 5.74) is 0.579. The Labute approximate surface area is 136 Å². The second-order valence-corrected chi connectivity index (χ2v) is 5.31. The molecule has 1 aliphatic rings. The third kappa shape index (κ3) is 5.30. The molecule has 1 saturated heterocycles. The first-order valence-corrected chi connectivity index (χ1v) is 7.76. The van der Waals surface area contributed by atoms with Gasteiger partial charge in [-0.25, -0.2) is 0 Å². The van der Waals surface area contributed by atoms with Gasteiger partial charge in [-0.3, -0.25) is 14.6 Å². The molecule has 1 aliphatic heterocycles. The molecular weight excluding hydrogens is 298 g/mol. The van der Waals surface area contributed by atoms with Crippen molar-refractivity contribution in [1.29, 1.82) is 0 Å². The molecule has 23 heavy (non-hydrogen) atoms. The molecule has 0 radical (unpaired) electrons. The number of carbonyl (C=O) groups is 2. The number of hydrogen-bond donors (Lipinski definition) is 0. The van der Waals surface area contributed by atoms with E-state index in [9.17, 15) is 9.59 Å². The lowest BCUT2D eigenvalue weighted by Gasteiger charge is -2.22. The predicted octanol–water partition coefficient (Wildman–Crippen LogP) is 0.419. The van der Waals surface area contributed by atoms with Gasteiger partial charge in [0.25, 0.3) is 5.91 Å². The van der Waals surface area contributed by atoms with Crippen LogP contribution in [0.25, 0.3) is 0 Å². The van der Waals surface area contributed by atoms with E-state index in [1.165, 1.54) is 0 Å². The molecule has 2 amide bonds. The molecule has 1 aromatic rings. The SMILES string of the molecule is COCCOCC(=O)N1CCCN(C(=O)c2cccnc2)CC1. The third-order valence-corrected chi connectivity index (χ3v) is 3.70. The summed E-state index contributed by atoms with van der Waals surface area (Å²) in [5.74, 6) is -0.0828. The van der Waals surface area contributed by atoms with Gasteiger partial charge in [0.1, 0.15) is 6.61 Å². The van der Waals surface area contributed by atoms with E-state index in [4.69, 9.17) is 9.47 Å². The number of rotatable bonds is 6.